The molecular weight excluding hydrogens is 346 g/mol. The van der Waals surface area contributed by atoms with Gasteiger partial charge in [0.15, 0.2) is 0 Å². The molecule has 0 aromatic heterocycles. The fourth-order valence-corrected chi connectivity index (χ4v) is 2.50. The SMILES string of the molecule is COC(=O)c1cccc(N(CCC(=O)Nc2ccccc2C#N)C(C)=O)c1. The van der Waals surface area contributed by atoms with Gasteiger partial charge in [0.05, 0.1) is 23.9 Å². The minimum absolute atomic E-state index is 0.0296. The molecule has 0 radical (unpaired) electrons. The largest absolute Gasteiger partial charge is 0.465 e. The zero-order valence-electron chi connectivity index (χ0n) is 15.1. The molecule has 2 aromatic rings. The number of hydrogen-bond donors (Lipinski definition) is 1. The number of anilines is 2. The van der Waals surface area contributed by atoms with Gasteiger partial charge in [0, 0.05) is 25.6 Å². The molecule has 0 aliphatic heterocycles. The molecule has 0 aliphatic carbocycles. The van der Waals surface area contributed by atoms with E-state index in [0.29, 0.717) is 22.5 Å². The third-order valence-electron chi connectivity index (χ3n) is 3.84. The highest BCUT2D eigenvalue weighted by molar-refractivity contribution is 5.97. The summed E-state index contributed by atoms with van der Waals surface area (Å²) in [6.07, 6.45) is 0.0296. The summed E-state index contributed by atoms with van der Waals surface area (Å²) in [4.78, 5) is 37.3. The van der Waals surface area contributed by atoms with Crippen molar-refractivity contribution < 1.29 is 19.1 Å². The van der Waals surface area contributed by atoms with Crippen LogP contribution in [0.15, 0.2) is 48.5 Å². The van der Waals surface area contributed by atoms with Crippen LogP contribution in [0.25, 0.3) is 0 Å². The summed E-state index contributed by atoms with van der Waals surface area (Å²) in [5.41, 5.74) is 1.59. The van der Waals surface area contributed by atoms with Crippen molar-refractivity contribution >= 4 is 29.2 Å². The molecular formula is C20H19N3O4. The van der Waals surface area contributed by atoms with E-state index in [0.717, 1.165) is 0 Å². The quantitative estimate of drug-likeness (QED) is 0.794. The number of nitrogens with zero attached hydrogens (tertiary/aromatic N) is 2. The molecule has 0 fully saturated rings. The van der Waals surface area contributed by atoms with Crippen LogP contribution < -0.4 is 10.2 Å². The Bertz CT molecular complexity index is 902. The van der Waals surface area contributed by atoms with Gasteiger partial charge in [-0.05, 0) is 30.3 Å². The number of benzene rings is 2. The molecule has 2 aromatic carbocycles. The number of amides is 2. The molecule has 0 spiro atoms. The van der Waals surface area contributed by atoms with Gasteiger partial charge in [-0.3, -0.25) is 9.59 Å². The standard InChI is InChI=1S/C20H19N3O4/c1-14(24)23(17-8-5-7-15(12-17)20(26)27-2)11-10-19(25)22-18-9-4-3-6-16(18)13-21/h3-9,12H,10-11H2,1-2H3,(H,22,25). The monoisotopic (exact) mass is 365 g/mol. The number of carbonyl (C=O) groups excluding carboxylic acids is 3. The Hall–Kier alpha value is -3.66. The number of hydrogen-bond acceptors (Lipinski definition) is 5. The number of para-hydroxylation sites is 1. The Balaban J connectivity index is 2.09. The summed E-state index contributed by atoms with van der Waals surface area (Å²) >= 11 is 0. The lowest BCUT2D eigenvalue weighted by Crippen LogP contribution is -2.32. The van der Waals surface area contributed by atoms with E-state index in [9.17, 15) is 14.4 Å². The van der Waals surface area contributed by atoms with Crippen molar-refractivity contribution in [2.75, 3.05) is 23.9 Å². The van der Waals surface area contributed by atoms with Crippen molar-refractivity contribution in [1.29, 1.82) is 5.26 Å². The van der Waals surface area contributed by atoms with Gasteiger partial charge < -0.3 is 15.0 Å². The van der Waals surface area contributed by atoms with Crippen molar-refractivity contribution in [2.45, 2.75) is 13.3 Å². The third kappa shape index (κ3) is 5.16. The van der Waals surface area contributed by atoms with Crippen LogP contribution in [0.3, 0.4) is 0 Å². The van der Waals surface area contributed by atoms with Crippen LogP contribution in [0.2, 0.25) is 0 Å². The van der Waals surface area contributed by atoms with Gasteiger partial charge in [-0.2, -0.15) is 5.26 Å². The first-order valence-corrected chi connectivity index (χ1v) is 8.21. The summed E-state index contributed by atoms with van der Waals surface area (Å²) in [6, 6.07) is 15.1. The van der Waals surface area contributed by atoms with Gasteiger partial charge in [-0.1, -0.05) is 18.2 Å². The van der Waals surface area contributed by atoms with Crippen molar-refractivity contribution in [1.82, 2.24) is 0 Å². The summed E-state index contributed by atoms with van der Waals surface area (Å²) in [7, 11) is 1.28. The number of rotatable bonds is 6. The molecule has 1 N–H and O–H groups in total. The summed E-state index contributed by atoms with van der Waals surface area (Å²) in [5, 5.41) is 11.7. The fraction of sp³-hybridized carbons (Fsp3) is 0.200. The minimum atomic E-state index is -0.508. The first kappa shape index (κ1) is 19.7. The Labute approximate surface area is 157 Å². The van der Waals surface area contributed by atoms with Crippen LogP contribution in [0.5, 0.6) is 0 Å². The zero-order chi connectivity index (χ0) is 19.8. The summed E-state index contributed by atoms with van der Waals surface area (Å²) in [5.74, 6) is -1.10. The van der Waals surface area contributed by atoms with Gasteiger partial charge in [0.2, 0.25) is 11.8 Å². The summed E-state index contributed by atoms with van der Waals surface area (Å²) < 4.78 is 4.69. The summed E-state index contributed by atoms with van der Waals surface area (Å²) in [6.45, 7) is 1.51. The van der Waals surface area contributed by atoms with Gasteiger partial charge in [0.25, 0.3) is 0 Å². The predicted octanol–water partition coefficient (Wildman–Crippen LogP) is 2.73. The Kier molecular flexibility index (Phi) is 6.67. The molecule has 2 amide bonds. The maximum absolute atomic E-state index is 12.2. The number of methoxy groups -OCH3 is 1. The predicted molar refractivity (Wildman–Crippen MR) is 100 cm³/mol. The van der Waals surface area contributed by atoms with E-state index in [4.69, 9.17) is 5.26 Å². The molecule has 0 saturated carbocycles. The Morgan fingerprint density at radius 2 is 1.89 bits per heavy atom. The normalized spacial score (nSPS) is 9.81. The third-order valence-corrected chi connectivity index (χ3v) is 3.84. The van der Waals surface area contributed by atoms with Gasteiger partial charge in [-0.15, -0.1) is 0 Å². The lowest BCUT2D eigenvalue weighted by atomic mass is 10.1. The molecule has 0 bridgehead atoms. The van der Waals surface area contributed by atoms with Crippen molar-refractivity contribution in [3.05, 3.63) is 59.7 Å². The molecule has 0 atom stereocenters. The highest BCUT2D eigenvalue weighted by Crippen LogP contribution is 2.18. The smallest absolute Gasteiger partial charge is 0.337 e. The number of nitrogens with one attached hydrogen (secondary N) is 1. The van der Waals surface area contributed by atoms with E-state index < -0.39 is 5.97 Å². The first-order chi connectivity index (χ1) is 13.0. The number of esters is 1. The molecule has 2 rings (SSSR count). The van der Waals surface area contributed by atoms with Gasteiger partial charge >= 0.3 is 5.97 Å². The molecule has 27 heavy (non-hydrogen) atoms. The van der Waals surface area contributed by atoms with Crippen LogP contribution in [0, 0.1) is 11.3 Å². The lowest BCUT2D eigenvalue weighted by Gasteiger charge is -2.21. The van der Waals surface area contributed by atoms with Gasteiger partial charge in [0.1, 0.15) is 6.07 Å². The Morgan fingerprint density at radius 1 is 1.15 bits per heavy atom. The average molecular weight is 365 g/mol. The second kappa shape index (κ2) is 9.15. The lowest BCUT2D eigenvalue weighted by molar-refractivity contribution is -0.117. The molecule has 0 unspecified atom stereocenters. The van der Waals surface area contributed by atoms with Crippen LogP contribution in [0.1, 0.15) is 29.3 Å². The molecule has 138 valence electrons. The number of nitriles is 1. The maximum atomic E-state index is 12.2. The molecule has 0 aliphatic rings. The fourth-order valence-electron chi connectivity index (χ4n) is 2.50. The van der Waals surface area contributed by atoms with E-state index in [-0.39, 0.29) is 24.8 Å². The van der Waals surface area contributed by atoms with Crippen LogP contribution in [-0.4, -0.2) is 31.4 Å². The molecule has 0 saturated heterocycles. The highest BCUT2D eigenvalue weighted by atomic mass is 16.5. The molecule has 7 nitrogen and oxygen atoms in total. The van der Waals surface area contributed by atoms with Crippen LogP contribution in [-0.2, 0) is 14.3 Å². The number of carbonyl (C=O) groups is 3. The average Bonchev–Trinajstić information content (AvgIpc) is 2.68. The van der Waals surface area contributed by atoms with Gasteiger partial charge in [-0.25, -0.2) is 4.79 Å². The zero-order valence-corrected chi connectivity index (χ0v) is 15.1. The van der Waals surface area contributed by atoms with E-state index in [2.05, 4.69) is 10.1 Å². The second-order valence-electron chi connectivity index (χ2n) is 5.67. The highest BCUT2D eigenvalue weighted by Gasteiger charge is 2.16. The topological polar surface area (TPSA) is 99.5 Å². The van der Waals surface area contributed by atoms with Crippen molar-refractivity contribution in [2.24, 2.45) is 0 Å². The Morgan fingerprint density at radius 3 is 2.56 bits per heavy atom. The van der Waals surface area contributed by atoms with Crippen molar-refractivity contribution in [3.63, 3.8) is 0 Å². The van der Waals surface area contributed by atoms with E-state index in [1.165, 1.54) is 25.0 Å². The van der Waals surface area contributed by atoms with E-state index >= 15 is 0 Å². The van der Waals surface area contributed by atoms with Crippen LogP contribution in [0.4, 0.5) is 11.4 Å². The molecule has 7 heteroatoms. The van der Waals surface area contributed by atoms with E-state index in [1.807, 2.05) is 6.07 Å². The van der Waals surface area contributed by atoms with E-state index in [1.54, 1.807) is 42.5 Å². The van der Waals surface area contributed by atoms with Crippen molar-refractivity contribution in [3.8, 4) is 6.07 Å². The minimum Gasteiger partial charge on any atom is -0.465 e. The van der Waals surface area contributed by atoms with Crippen LogP contribution >= 0.6 is 0 Å². The second-order valence-corrected chi connectivity index (χ2v) is 5.67. The maximum Gasteiger partial charge on any atom is 0.337 e. The first-order valence-electron chi connectivity index (χ1n) is 8.21. The molecule has 0 heterocycles. The number of ether oxygens (including phenoxy) is 1.